The van der Waals surface area contributed by atoms with E-state index in [0.717, 1.165) is 12.5 Å². The summed E-state index contributed by atoms with van der Waals surface area (Å²) in [4.78, 5) is 2.86. The van der Waals surface area contributed by atoms with Gasteiger partial charge in [0.25, 0.3) is 0 Å². The van der Waals surface area contributed by atoms with Crippen LogP contribution in [0, 0.1) is 11.3 Å². The minimum absolute atomic E-state index is 0.716. The first-order valence-corrected chi connectivity index (χ1v) is 8.94. The van der Waals surface area contributed by atoms with Crippen molar-refractivity contribution in [1.29, 1.82) is 0 Å². The van der Waals surface area contributed by atoms with Gasteiger partial charge in [-0.15, -0.1) is 22.7 Å². The molecule has 0 unspecified atom stereocenters. The Bertz CT molecular complexity index is 547. The van der Waals surface area contributed by atoms with Crippen molar-refractivity contribution in [2.24, 2.45) is 11.3 Å². The Hall–Kier alpha value is -0.640. The third-order valence-electron chi connectivity index (χ3n) is 4.57. The summed E-state index contributed by atoms with van der Waals surface area (Å²) in [5, 5.41) is 8.14. The second-order valence-electron chi connectivity index (χ2n) is 6.02. The highest BCUT2D eigenvalue weighted by Crippen LogP contribution is 2.60. The van der Waals surface area contributed by atoms with E-state index >= 15 is 0 Å². The van der Waals surface area contributed by atoms with Gasteiger partial charge in [-0.1, -0.05) is 6.07 Å². The van der Waals surface area contributed by atoms with Crippen LogP contribution in [0.1, 0.15) is 30.6 Å². The van der Waals surface area contributed by atoms with E-state index in [1.807, 2.05) is 22.7 Å². The van der Waals surface area contributed by atoms with Crippen molar-refractivity contribution in [3.63, 3.8) is 0 Å². The molecule has 0 aliphatic heterocycles. The molecule has 0 bridgehead atoms. The van der Waals surface area contributed by atoms with E-state index in [9.17, 15) is 0 Å². The molecule has 0 aromatic carbocycles. The van der Waals surface area contributed by atoms with Gasteiger partial charge >= 0.3 is 0 Å². The first-order chi connectivity index (χ1) is 9.36. The lowest BCUT2D eigenvalue weighted by molar-refractivity contribution is 0.404. The van der Waals surface area contributed by atoms with Crippen molar-refractivity contribution in [3.05, 3.63) is 33.8 Å². The molecule has 2 aromatic rings. The zero-order valence-electron chi connectivity index (χ0n) is 11.0. The van der Waals surface area contributed by atoms with E-state index in [1.54, 1.807) is 0 Å². The molecule has 100 valence electrons. The van der Waals surface area contributed by atoms with E-state index in [1.165, 1.54) is 47.5 Å². The molecule has 2 fully saturated rings. The third-order valence-corrected chi connectivity index (χ3v) is 6.43. The topological polar surface area (TPSA) is 12.0 Å². The largest absolute Gasteiger partial charge is 0.311 e. The predicted molar refractivity (Wildman–Crippen MR) is 83.7 cm³/mol. The van der Waals surface area contributed by atoms with E-state index < -0.39 is 0 Å². The van der Waals surface area contributed by atoms with Crippen molar-refractivity contribution in [2.45, 2.75) is 32.2 Å². The summed E-state index contributed by atoms with van der Waals surface area (Å²) in [6.07, 6.45) is 5.91. The van der Waals surface area contributed by atoms with E-state index in [0.29, 0.717) is 5.41 Å². The quantitative estimate of drug-likeness (QED) is 0.808. The highest BCUT2D eigenvalue weighted by molar-refractivity contribution is 7.14. The Balaban J connectivity index is 1.33. The average Bonchev–Trinajstić information content (AvgIpc) is 3.29. The average molecular weight is 289 g/mol. The van der Waals surface area contributed by atoms with Gasteiger partial charge in [0.15, 0.2) is 0 Å². The molecule has 2 saturated carbocycles. The van der Waals surface area contributed by atoms with Gasteiger partial charge in [-0.2, -0.15) is 0 Å². The van der Waals surface area contributed by atoms with E-state index in [4.69, 9.17) is 0 Å². The maximum atomic E-state index is 3.70. The van der Waals surface area contributed by atoms with Gasteiger partial charge in [-0.05, 0) is 59.9 Å². The number of hydrogen-bond donors (Lipinski definition) is 1. The van der Waals surface area contributed by atoms with Crippen LogP contribution in [-0.4, -0.2) is 6.54 Å². The van der Waals surface area contributed by atoms with E-state index in [2.05, 4.69) is 34.3 Å². The fourth-order valence-electron chi connectivity index (χ4n) is 3.07. The third kappa shape index (κ3) is 2.51. The summed E-state index contributed by atoms with van der Waals surface area (Å²) < 4.78 is 0. The number of nitrogens with one attached hydrogen (secondary N) is 1. The molecular formula is C16H19NS2. The summed E-state index contributed by atoms with van der Waals surface area (Å²) in [5.41, 5.74) is 2.11. The fraction of sp³-hybridized carbons (Fsp3) is 0.500. The van der Waals surface area contributed by atoms with Crippen LogP contribution in [-0.2, 0) is 6.54 Å². The smallest absolute Gasteiger partial charge is 0.0351 e. The first-order valence-electron chi connectivity index (χ1n) is 7.18. The zero-order chi connectivity index (χ0) is 12.7. The molecule has 2 aliphatic rings. The fourth-order valence-corrected chi connectivity index (χ4v) is 4.71. The molecule has 0 amide bonds. The van der Waals surface area contributed by atoms with Crippen molar-refractivity contribution in [1.82, 2.24) is 5.32 Å². The first kappa shape index (κ1) is 12.1. The minimum Gasteiger partial charge on any atom is -0.311 e. The lowest BCUT2D eigenvalue weighted by Gasteiger charge is -2.14. The van der Waals surface area contributed by atoms with Gasteiger partial charge < -0.3 is 5.32 Å². The molecule has 2 heterocycles. The van der Waals surface area contributed by atoms with Crippen molar-refractivity contribution < 1.29 is 0 Å². The normalized spacial score (nSPS) is 20.6. The summed E-state index contributed by atoms with van der Waals surface area (Å²) in [6.45, 7) is 2.29. The van der Waals surface area contributed by atoms with Gasteiger partial charge in [-0.3, -0.25) is 0 Å². The Morgan fingerprint density at radius 1 is 1.26 bits per heavy atom. The molecule has 2 aliphatic carbocycles. The highest BCUT2D eigenvalue weighted by Gasteiger charge is 2.53. The second kappa shape index (κ2) is 4.72. The van der Waals surface area contributed by atoms with Crippen molar-refractivity contribution in [3.8, 4) is 10.4 Å². The van der Waals surface area contributed by atoms with Gasteiger partial charge in [0, 0.05) is 28.4 Å². The predicted octanol–water partition coefficient (Wildman–Crippen LogP) is 4.76. The zero-order valence-corrected chi connectivity index (χ0v) is 12.7. The Morgan fingerprint density at radius 3 is 2.84 bits per heavy atom. The van der Waals surface area contributed by atoms with Crippen LogP contribution in [0.15, 0.2) is 29.0 Å². The van der Waals surface area contributed by atoms with Crippen LogP contribution in [0.3, 0.4) is 0 Å². The molecule has 0 spiro atoms. The molecule has 1 N–H and O–H groups in total. The molecule has 19 heavy (non-hydrogen) atoms. The van der Waals surface area contributed by atoms with Crippen LogP contribution in [0.4, 0.5) is 0 Å². The maximum Gasteiger partial charge on any atom is 0.0351 e. The van der Waals surface area contributed by atoms with Crippen LogP contribution in [0.2, 0.25) is 0 Å². The van der Waals surface area contributed by atoms with Crippen molar-refractivity contribution >= 4 is 22.7 Å². The molecule has 0 atom stereocenters. The number of rotatable bonds is 6. The van der Waals surface area contributed by atoms with Crippen LogP contribution < -0.4 is 5.32 Å². The Labute approximate surface area is 122 Å². The number of hydrogen-bond acceptors (Lipinski definition) is 3. The second-order valence-corrected chi connectivity index (χ2v) is 7.96. The SMILES string of the molecule is c1csc(-c2csc(CNCC3(C4CC4)CC3)c2)c1. The molecule has 0 saturated heterocycles. The molecule has 2 aromatic heterocycles. The van der Waals surface area contributed by atoms with E-state index in [-0.39, 0.29) is 0 Å². The molecule has 3 heteroatoms. The Kier molecular flexibility index (Phi) is 3.02. The van der Waals surface area contributed by atoms with Crippen LogP contribution >= 0.6 is 22.7 Å². The maximum absolute atomic E-state index is 3.70. The summed E-state index contributed by atoms with van der Waals surface area (Å²) >= 11 is 3.71. The molecule has 1 nitrogen and oxygen atoms in total. The minimum atomic E-state index is 0.716. The summed E-state index contributed by atoms with van der Waals surface area (Å²) in [7, 11) is 0. The van der Waals surface area contributed by atoms with Crippen LogP contribution in [0.25, 0.3) is 10.4 Å². The lowest BCUT2D eigenvalue weighted by atomic mass is 10.0. The van der Waals surface area contributed by atoms with Crippen molar-refractivity contribution in [2.75, 3.05) is 6.54 Å². The number of thiophene rings is 2. The molecular weight excluding hydrogens is 270 g/mol. The standard InChI is InChI=1S/C16H19NS2/c1-2-15(18-7-1)12-8-14(19-10-12)9-17-11-16(5-6-16)13-3-4-13/h1-2,7-8,10,13,17H,3-6,9,11H2. The van der Waals surface area contributed by atoms with Gasteiger partial charge in [0.2, 0.25) is 0 Å². The van der Waals surface area contributed by atoms with Gasteiger partial charge in [0.1, 0.15) is 0 Å². The summed E-state index contributed by atoms with van der Waals surface area (Å²) in [5.74, 6) is 1.06. The lowest BCUT2D eigenvalue weighted by Crippen LogP contribution is -2.24. The van der Waals surface area contributed by atoms with Gasteiger partial charge in [0.05, 0.1) is 0 Å². The summed E-state index contributed by atoms with van der Waals surface area (Å²) in [6, 6.07) is 6.68. The molecule has 4 rings (SSSR count). The monoisotopic (exact) mass is 289 g/mol. The Morgan fingerprint density at radius 2 is 2.16 bits per heavy atom. The molecule has 0 radical (unpaired) electrons. The van der Waals surface area contributed by atoms with Crippen LogP contribution in [0.5, 0.6) is 0 Å². The highest BCUT2D eigenvalue weighted by atomic mass is 32.1. The van der Waals surface area contributed by atoms with Gasteiger partial charge in [-0.25, -0.2) is 0 Å².